The second-order valence-corrected chi connectivity index (χ2v) is 5.30. The van der Waals surface area contributed by atoms with Gasteiger partial charge in [-0.2, -0.15) is 13.2 Å². The van der Waals surface area contributed by atoms with Gasteiger partial charge in [0.25, 0.3) is 0 Å². The number of nitrogens with zero attached hydrogens (tertiary/aromatic N) is 1. The average molecular weight is 290 g/mol. The van der Waals surface area contributed by atoms with Crippen molar-refractivity contribution in [3.05, 3.63) is 29.6 Å². The zero-order chi connectivity index (χ0) is 15.4. The lowest BCUT2D eigenvalue weighted by molar-refractivity contribution is -0.127. The summed E-state index contributed by atoms with van der Waals surface area (Å²) in [6.07, 6.45) is -4.73. The molecule has 7 heteroatoms. The Morgan fingerprint density at radius 2 is 2.00 bits per heavy atom. The number of halogens is 3. The number of aromatic nitrogens is 1. The van der Waals surface area contributed by atoms with E-state index in [1.54, 1.807) is 20.8 Å². The van der Waals surface area contributed by atoms with Gasteiger partial charge in [-0.05, 0) is 38.5 Å². The van der Waals surface area contributed by atoms with E-state index in [1.165, 1.54) is 18.3 Å². The molecule has 0 bridgehead atoms. The number of alkyl halides is 3. The van der Waals surface area contributed by atoms with E-state index in [-0.39, 0.29) is 12.2 Å². The first-order valence-corrected chi connectivity index (χ1v) is 6.02. The largest absolute Gasteiger partial charge is 0.444 e. The number of carbonyl (C=O) groups excluding carboxylic acids is 1. The minimum Gasteiger partial charge on any atom is -0.444 e. The number of nitrogens with one attached hydrogen (secondary N) is 1. The third-order valence-electron chi connectivity index (χ3n) is 2.10. The zero-order valence-corrected chi connectivity index (χ0v) is 11.5. The minimum absolute atomic E-state index is 0.0824. The molecule has 0 atom stereocenters. The molecule has 112 valence electrons. The first-order chi connectivity index (χ1) is 9.05. The first kappa shape index (κ1) is 16.3. The SMILES string of the molecule is CC(C)(C)OC(=O)NCc1ccnc(CC(F)(F)F)c1. The highest BCUT2D eigenvalue weighted by molar-refractivity contribution is 5.67. The Balaban J connectivity index is 2.57. The maximum absolute atomic E-state index is 12.2. The predicted molar refractivity (Wildman–Crippen MR) is 67.1 cm³/mol. The van der Waals surface area contributed by atoms with Crippen LogP contribution < -0.4 is 5.32 Å². The molecule has 1 aromatic rings. The number of hydrogen-bond acceptors (Lipinski definition) is 3. The summed E-state index contributed by atoms with van der Waals surface area (Å²) in [5, 5.41) is 2.48. The molecule has 0 aliphatic rings. The van der Waals surface area contributed by atoms with Gasteiger partial charge in [0.2, 0.25) is 0 Å². The molecule has 1 amide bonds. The summed E-state index contributed by atoms with van der Waals surface area (Å²) in [7, 11) is 0. The van der Waals surface area contributed by atoms with Gasteiger partial charge < -0.3 is 10.1 Å². The third kappa shape index (κ3) is 6.96. The fraction of sp³-hybridized carbons (Fsp3) is 0.538. The Morgan fingerprint density at radius 3 is 2.55 bits per heavy atom. The molecule has 1 rings (SSSR count). The molecule has 4 nitrogen and oxygen atoms in total. The molecule has 1 aromatic heterocycles. The Kier molecular flexibility index (Phi) is 4.97. The van der Waals surface area contributed by atoms with Gasteiger partial charge in [0, 0.05) is 18.4 Å². The standard InChI is InChI=1S/C13H17F3N2O2/c1-12(2,3)20-11(19)18-8-9-4-5-17-10(6-9)7-13(14,15)16/h4-6H,7-8H2,1-3H3,(H,18,19). The van der Waals surface area contributed by atoms with Crippen LogP contribution in [-0.2, 0) is 17.7 Å². The van der Waals surface area contributed by atoms with E-state index in [4.69, 9.17) is 4.74 Å². The number of alkyl carbamates (subject to hydrolysis) is 1. The number of amides is 1. The first-order valence-electron chi connectivity index (χ1n) is 6.02. The summed E-state index contributed by atoms with van der Waals surface area (Å²) >= 11 is 0. The Hall–Kier alpha value is -1.79. The molecule has 0 saturated heterocycles. The topological polar surface area (TPSA) is 51.2 Å². The van der Waals surface area contributed by atoms with E-state index in [1.807, 2.05) is 0 Å². The van der Waals surface area contributed by atoms with Crippen LogP contribution in [0.15, 0.2) is 18.3 Å². The summed E-state index contributed by atoms with van der Waals surface area (Å²) in [4.78, 5) is 15.1. The van der Waals surface area contributed by atoms with Crippen molar-refractivity contribution in [2.24, 2.45) is 0 Å². The highest BCUT2D eigenvalue weighted by atomic mass is 19.4. The van der Waals surface area contributed by atoms with Crippen LogP contribution in [0.1, 0.15) is 32.0 Å². The summed E-state index contributed by atoms with van der Waals surface area (Å²) < 4.78 is 41.8. The van der Waals surface area contributed by atoms with Crippen molar-refractivity contribution in [2.45, 2.75) is 45.5 Å². The van der Waals surface area contributed by atoms with Crippen LogP contribution in [0.4, 0.5) is 18.0 Å². The van der Waals surface area contributed by atoms with E-state index in [0.29, 0.717) is 5.56 Å². The van der Waals surface area contributed by atoms with E-state index < -0.39 is 24.3 Å². The summed E-state index contributed by atoms with van der Waals surface area (Å²) in [5.41, 5.74) is -0.171. The molecule has 0 aliphatic heterocycles. The van der Waals surface area contributed by atoms with Gasteiger partial charge in [0.1, 0.15) is 5.60 Å². The predicted octanol–water partition coefficient (Wildman–Crippen LogP) is 3.21. The number of carbonyl (C=O) groups is 1. The summed E-state index contributed by atoms with van der Waals surface area (Å²) in [5.74, 6) is 0. The molecule has 1 N–H and O–H groups in total. The average Bonchev–Trinajstić information content (AvgIpc) is 2.22. The number of pyridine rings is 1. The molecule has 0 saturated carbocycles. The van der Waals surface area contributed by atoms with Crippen molar-refractivity contribution < 1.29 is 22.7 Å². The van der Waals surface area contributed by atoms with Crippen LogP contribution in [0.5, 0.6) is 0 Å². The van der Waals surface area contributed by atoms with Crippen molar-refractivity contribution in [2.75, 3.05) is 0 Å². The Labute approximate surface area is 115 Å². The van der Waals surface area contributed by atoms with Gasteiger partial charge in [0.05, 0.1) is 6.42 Å². The lowest BCUT2D eigenvalue weighted by atomic mass is 10.2. The van der Waals surface area contributed by atoms with Crippen LogP contribution in [0.3, 0.4) is 0 Å². The van der Waals surface area contributed by atoms with Crippen LogP contribution in [-0.4, -0.2) is 22.9 Å². The molecule has 1 heterocycles. The lowest BCUT2D eigenvalue weighted by Gasteiger charge is -2.19. The highest BCUT2D eigenvalue weighted by Crippen LogP contribution is 2.20. The summed E-state index contributed by atoms with van der Waals surface area (Å²) in [6.45, 7) is 5.25. The fourth-order valence-corrected chi connectivity index (χ4v) is 1.43. The monoisotopic (exact) mass is 290 g/mol. The summed E-state index contributed by atoms with van der Waals surface area (Å²) in [6, 6.07) is 2.85. The van der Waals surface area contributed by atoms with Crippen LogP contribution >= 0.6 is 0 Å². The van der Waals surface area contributed by atoms with Gasteiger partial charge in [-0.1, -0.05) is 0 Å². The van der Waals surface area contributed by atoms with Gasteiger partial charge >= 0.3 is 12.3 Å². The second kappa shape index (κ2) is 6.11. The molecule has 20 heavy (non-hydrogen) atoms. The van der Waals surface area contributed by atoms with Gasteiger partial charge in [-0.15, -0.1) is 0 Å². The maximum Gasteiger partial charge on any atom is 0.407 e. The third-order valence-corrected chi connectivity index (χ3v) is 2.10. The number of rotatable bonds is 3. The number of ether oxygens (including phenoxy) is 1. The second-order valence-electron chi connectivity index (χ2n) is 5.30. The maximum atomic E-state index is 12.2. The highest BCUT2D eigenvalue weighted by Gasteiger charge is 2.28. The van der Waals surface area contributed by atoms with E-state index in [0.717, 1.165) is 0 Å². The van der Waals surface area contributed by atoms with E-state index >= 15 is 0 Å². The Bertz CT molecular complexity index is 467. The van der Waals surface area contributed by atoms with E-state index in [2.05, 4.69) is 10.3 Å². The molecule has 0 unspecified atom stereocenters. The Morgan fingerprint density at radius 1 is 1.35 bits per heavy atom. The lowest BCUT2D eigenvalue weighted by Crippen LogP contribution is -2.32. The van der Waals surface area contributed by atoms with Crippen molar-refractivity contribution in [3.8, 4) is 0 Å². The van der Waals surface area contributed by atoms with Crippen molar-refractivity contribution in [3.63, 3.8) is 0 Å². The van der Waals surface area contributed by atoms with Crippen molar-refractivity contribution >= 4 is 6.09 Å². The van der Waals surface area contributed by atoms with Gasteiger partial charge in [-0.25, -0.2) is 4.79 Å². The normalized spacial score (nSPS) is 12.1. The molecule has 0 fully saturated rings. The van der Waals surface area contributed by atoms with Crippen LogP contribution in [0.25, 0.3) is 0 Å². The fourth-order valence-electron chi connectivity index (χ4n) is 1.43. The van der Waals surface area contributed by atoms with Crippen molar-refractivity contribution in [1.29, 1.82) is 0 Å². The molecular formula is C13H17F3N2O2. The molecule has 0 radical (unpaired) electrons. The molecule has 0 spiro atoms. The van der Waals surface area contributed by atoms with E-state index in [9.17, 15) is 18.0 Å². The smallest absolute Gasteiger partial charge is 0.407 e. The van der Waals surface area contributed by atoms with Gasteiger partial charge in [-0.3, -0.25) is 4.98 Å². The quantitative estimate of drug-likeness (QED) is 0.930. The number of hydrogen-bond donors (Lipinski definition) is 1. The molecule has 0 aliphatic carbocycles. The minimum atomic E-state index is -4.30. The molecule has 0 aromatic carbocycles. The van der Waals surface area contributed by atoms with Crippen LogP contribution in [0.2, 0.25) is 0 Å². The zero-order valence-electron chi connectivity index (χ0n) is 11.5. The molecular weight excluding hydrogens is 273 g/mol. The van der Waals surface area contributed by atoms with Gasteiger partial charge in [0.15, 0.2) is 0 Å². The van der Waals surface area contributed by atoms with Crippen molar-refractivity contribution in [1.82, 2.24) is 10.3 Å². The van der Waals surface area contributed by atoms with Crippen LogP contribution in [0, 0.1) is 0 Å².